The summed E-state index contributed by atoms with van der Waals surface area (Å²) >= 11 is 0. The molecule has 16 heavy (non-hydrogen) atoms. The van der Waals surface area contributed by atoms with Crippen molar-refractivity contribution in [3.05, 3.63) is 17.8 Å². The van der Waals surface area contributed by atoms with Crippen LogP contribution in [-0.2, 0) is 17.7 Å². The van der Waals surface area contributed by atoms with Gasteiger partial charge < -0.3 is 14.5 Å². The Balaban J connectivity index is 1.71. The fraction of sp³-hybridized carbons (Fsp3) is 0.750. The monoisotopic (exact) mass is 224 g/mol. The van der Waals surface area contributed by atoms with E-state index in [1.54, 1.807) is 6.39 Å². The number of aryl methyl sites for hydroxylation is 1. The molecule has 0 aromatic carbocycles. The number of hydrogen-bond donors (Lipinski definition) is 1. The SMILES string of the molecule is CCOCCCc1ocnc1CNC1CC1. The summed E-state index contributed by atoms with van der Waals surface area (Å²) in [5.41, 5.74) is 1.06. The lowest BCUT2D eigenvalue weighted by molar-refractivity contribution is 0.144. The molecule has 0 saturated heterocycles. The Hall–Kier alpha value is -0.870. The summed E-state index contributed by atoms with van der Waals surface area (Å²) in [7, 11) is 0. The predicted molar refractivity (Wildman–Crippen MR) is 61.2 cm³/mol. The lowest BCUT2D eigenvalue weighted by Crippen LogP contribution is -2.16. The highest BCUT2D eigenvalue weighted by Crippen LogP contribution is 2.19. The van der Waals surface area contributed by atoms with Crippen LogP contribution in [0.2, 0.25) is 0 Å². The summed E-state index contributed by atoms with van der Waals surface area (Å²) in [5, 5.41) is 3.45. The molecule has 1 aliphatic rings. The normalized spacial score (nSPS) is 15.6. The highest BCUT2D eigenvalue weighted by molar-refractivity contribution is 5.07. The molecule has 1 aromatic heterocycles. The molecule has 1 aromatic rings. The van der Waals surface area contributed by atoms with Crippen molar-refractivity contribution in [2.75, 3.05) is 13.2 Å². The predicted octanol–water partition coefficient (Wildman–Crippen LogP) is 1.90. The lowest BCUT2D eigenvalue weighted by Gasteiger charge is -2.03. The van der Waals surface area contributed by atoms with Gasteiger partial charge in [0.1, 0.15) is 5.76 Å². The molecule has 0 unspecified atom stereocenters. The van der Waals surface area contributed by atoms with Crippen LogP contribution >= 0.6 is 0 Å². The maximum atomic E-state index is 5.39. The van der Waals surface area contributed by atoms with Crippen LogP contribution in [0.5, 0.6) is 0 Å². The number of nitrogens with one attached hydrogen (secondary N) is 1. The maximum absolute atomic E-state index is 5.39. The second-order valence-electron chi connectivity index (χ2n) is 4.18. The van der Waals surface area contributed by atoms with Crippen molar-refractivity contribution in [3.63, 3.8) is 0 Å². The summed E-state index contributed by atoms with van der Waals surface area (Å²) in [6, 6.07) is 0.716. The second kappa shape index (κ2) is 6.01. The number of aromatic nitrogens is 1. The molecule has 0 atom stereocenters. The van der Waals surface area contributed by atoms with Gasteiger partial charge >= 0.3 is 0 Å². The topological polar surface area (TPSA) is 47.3 Å². The van der Waals surface area contributed by atoms with Crippen molar-refractivity contribution >= 4 is 0 Å². The van der Waals surface area contributed by atoms with Gasteiger partial charge in [0.05, 0.1) is 5.69 Å². The highest BCUT2D eigenvalue weighted by atomic mass is 16.5. The van der Waals surface area contributed by atoms with E-state index in [9.17, 15) is 0 Å². The molecule has 90 valence electrons. The van der Waals surface area contributed by atoms with E-state index in [1.807, 2.05) is 6.92 Å². The zero-order valence-electron chi connectivity index (χ0n) is 9.87. The summed E-state index contributed by atoms with van der Waals surface area (Å²) in [4.78, 5) is 4.24. The summed E-state index contributed by atoms with van der Waals surface area (Å²) < 4.78 is 10.7. The number of ether oxygens (including phenoxy) is 1. The van der Waals surface area contributed by atoms with Crippen molar-refractivity contribution in [1.82, 2.24) is 10.3 Å². The van der Waals surface area contributed by atoms with Crippen LogP contribution in [-0.4, -0.2) is 24.2 Å². The molecule has 1 N–H and O–H groups in total. The van der Waals surface area contributed by atoms with E-state index >= 15 is 0 Å². The molecule has 0 spiro atoms. The van der Waals surface area contributed by atoms with Crippen molar-refractivity contribution in [2.24, 2.45) is 0 Å². The van der Waals surface area contributed by atoms with Crippen molar-refractivity contribution in [2.45, 2.75) is 45.2 Å². The van der Waals surface area contributed by atoms with Gasteiger partial charge in [-0.15, -0.1) is 0 Å². The first-order valence-corrected chi connectivity index (χ1v) is 6.12. The second-order valence-corrected chi connectivity index (χ2v) is 4.18. The Kier molecular flexibility index (Phi) is 4.36. The fourth-order valence-corrected chi connectivity index (χ4v) is 1.65. The Bertz CT molecular complexity index is 308. The van der Waals surface area contributed by atoms with Crippen LogP contribution in [0.15, 0.2) is 10.8 Å². The Morgan fingerprint density at radius 1 is 1.56 bits per heavy atom. The van der Waals surface area contributed by atoms with Crippen LogP contribution < -0.4 is 5.32 Å². The zero-order chi connectivity index (χ0) is 11.2. The molecular weight excluding hydrogens is 204 g/mol. The van der Waals surface area contributed by atoms with Gasteiger partial charge in [0, 0.05) is 32.2 Å². The van der Waals surface area contributed by atoms with Gasteiger partial charge in [0.15, 0.2) is 6.39 Å². The summed E-state index contributed by atoms with van der Waals surface area (Å²) in [5.74, 6) is 1.01. The van der Waals surface area contributed by atoms with E-state index in [1.165, 1.54) is 12.8 Å². The molecule has 0 amide bonds. The van der Waals surface area contributed by atoms with E-state index in [4.69, 9.17) is 9.15 Å². The zero-order valence-corrected chi connectivity index (χ0v) is 9.87. The first-order chi connectivity index (χ1) is 7.90. The van der Waals surface area contributed by atoms with Gasteiger partial charge in [0.25, 0.3) is 0 Å². The number of oxazole rings is 1. The van der Waals surface area contributed by atoms with E-state index in [2.05, 4.69) is 10.3 Å². The standard InChI is InChI=1S/C12H20N2O2/c1-2-15-7-3-4-12-11(14-9-16-12)8-13-10-5-6-10/h9-10,13H,2-8H2,1H3. The van der Waals surface area contributed by atoms with E-state index in [0.717, 1.165) is 44.1 Å². The number of rotatable bonds is 8. The van der Waals surface area contributed by atoms with E-state index < -0.39 is 0 Å². The molecule has 2 rings (SSSR count). The van der Waals surface area contributed by atoms with Crippen LogP contribution in [0.1, 0.15) is 37.6 Å². The smallest absolute Gasteiger partial charge is 0.181 e. The van der Waals surface area contributed by atoms with Crippen molar-refractivity contribution in [1.29, 1.82) is 0 Å². The minimum absolute atomic E-state index is 0.716. The summed E-state index contributed by atoms with van der Waals surface area (Å²) in [6.07, 6.45) is 6.07. The van der Waals surface area contributed by atoms with Gasteiger partial charge in [-0.3, -0.25) is 0 Å². The van der Waals surface area contributed by atoms with E-state index in [0.29, 0.717) is 6.04 Å². The third-order valence-corrected chi connectivity index (χ3v) is 2.76. The third kappa shape index (κ3) is 3.61. The Labute approximate surface area is 96.4 Å². The number of hydrogen-bond acceptors (Lipinski definition) is 4. The van der Waals surface area contributed by atoms with Crippen molar-refractivity contribution in [3.8, 4) is 0 Å². The minimum Gasteiger partial charge on any atom is -0.448 e. The Morgan fingerprint density at radius 2 is 2.44 bits per heavy atom. The first kappa shape index (κ1) is 11.6. The molecule has 1 fully saturated rings. The molecule has 0 radical (unpaired) electrons. The summed E-state index contributed by atoms with van der Waals surface area (Å²) in [6.45, 7) is 4.43. The number of nitrogens with zero attached hydrogens (tertiary/aromatic N) is 1. The van der Waals surface area contributed by atoms with Gasteiger partial charge in [-0.2, -0.15) is 0 Å². The van der Waals surface area contributed by atoms with Crippen LogP contribution in [0.25, 0.3) is 0 Å². The molecular formula is C12H20N2O2. The molecule has 1 heterocycles. The lowest BCUT2D eigenvalue weighted by atomic mass is 10.2. The fourth-order valence-electron chi connectivity index (χ4n) is 1.65. The first-order valence-electron chi connectivity index (χ1n) is 6.12. The quantitative estimate of drug-likeness (QED) is 0.685. The van der Waals surface area contributed by atoms with Crippen molar-refractivity contribution < 1.29 is 9.15 Å². The minimum atomic E-state index is 0.716. The van der Waals surface area contributed by atoms with Gasteiger partial charge in [-0.1, -0.05) is 0 Å². The van der Waals surface area contributed by atoms with Crippen LogP contribution in [0, 0.1) is 0 Å². The third-order valence-electron chi connectivity index (χ3n) is 2.76. The van der Waals surface area contributed by atoms with Crippen LogP contribution in [0.3, 0.4) is 0 Å². The molecule has 1 aliphatic carbocycles. The van der Waals surface area contributed by atoms with Crippen LogP contribution in [0.4, 0.5) is 0 Å². The average Bonchev–Trinajstić information content (AvgIpc) is 3.02. The molecule has 4 nitrogen and oxygen atoms in total. The maximum Gasteiger partial charge on any atom is 0.181 e. The molecule has 0 aliphatic heterocycles. The van der Waals surface area contributed by atoms with Gasteiger partial charge in [-0.25, -0.2) is 4.98 Å². The van der Waals surface area contributed by atoms with Gasteiger partial charge in [0.2, 0.25) is 0 Å². The van der Waals surface area contributed by atoms with Gasteiger partial charge in [-0.05, 0) is 26.2 Å². The highest BCUT2D eigenvalue weighted by Gasteiger charge is 2.21. The van der Waals surface area contributed by atoms with E-state index in [-0.39, 0.29) is 0 Å². The molecule has 0 bridgehead atoms. The molecule has 4 heteroatoms. The molecule has 1 saturated carbocycles. The largest absolute Gasteiger partial charge is 0.448 e. The Morgan fingerprint density at radius 3 is 3.19 bits per heavy atom. The average molecular weight is 224 g/mol.